The van der Waals surface area contributed by atoms with Crippen LogP contribution in [0.25, 0.3) is 11.0 Å². The highest BCUT2D eigenvalue weighted by atomic mass is 16.5. The number of hydrogen-bond acceptors (Lipinski definition) is 4. The molecule has 2 heterocycles. The highest BCUT2D eigenvalue weighted by molar-refractivity contribution is 5.80. The highest BCUT2D eigenvalue weighted by Gasteiger charge is 2.22. The third-order valence-corrected chi connectivity index (χ3v) is 5.50. The van der Waals surface area contributed by atoms with Crippen molar-refractivity contribution in [3.8, 4) is 5.75 Å². The van der Waals surface area contributed by atoms with Crippen LogP contribution in [0.5, 0.6) is 5.75 Å². The van der Waals surface area contributed by atoms with E-state index in [0.717, 1.165) is 60.4 Å². The zero-order valence-electron chi connectivity index (χ0n) is 17.5. The van der Waals surface area contributed by atoms with Crippen LogP contribution in [0.4, 0.5) is 0 Å². The molecule has 1 aliphatic heterocycles. The van der Waals surface area contributed by atoms with Gasteiger partial charge in [0.2, 0.25) is 5.91 Å². The molecule has 3 aromatic rings. The molecule has 158 valence electrons. The number of amides is 1. The molecular weight excluding hydrogens is 378 g/mol. The second-order valence-electron chi connectivity index (χ2n) is 7.68. The van der Waals surface area contributed by atoms with Gasteiger partial charge in [0.05, 0.1) is 17.6 Å². The summed E-state index contributed by atoms with van der Waals surface area (Å²) in [6.07, 6.45) is 3.15. The molecule has 1 aliphatic rings. The fourth-order valence-corrected chi connectivity index (χ4v) is 3.89. The van der Waals surface area contributed by atoms with Gasteiger partial charge in [-0.2, -0.15) is 0 Å². The first-order chi connectivity index (χ1) is 14.7. The number of ether oxygens (including phenoxy) is 2. The molecule has 2 aromatic carbocycles. The largest absolute Gasteiger partial charge is 0.491 e. The predicted octanol–water partition coefficient (Wildman–Crippen LogP) is 3.65. The summed E-state index contributed by atoms with van der Waals surface area (Å²) in [6, 6.07) is 16.2. The molecule has 6 heteroatoms. The van der Waals surface area contributed by atoms with Gasteiger partial charge in [0.1, 0.15) is 24.3 Å². The van der Waals surface area contributed by atoms with E-state index in [-0.39, 0.29) is 12.0 Å². The Morgan fingerprint density at radius 2 is 2.07 bits per heavy atom. The van der Waals surface area contributed by atoms with E-state index in [1.165, 1.54) is 0 Å². The van der Waals surface area contributed by atoms with Crippen molar-refractivity contribution in [3.05, 3.63) is 59.9 Å². The van der Waals surface area contributed by atoms with Gasteiger partial charge in [0.25, 0.3) is 0 Å². The van der Waals surface area contributed by atoms with E-state index < -0.39 is 0 Å². The summed E-state index contributed by atoms with van der Waals surface area (Å²) in [5.74, 6) is 1.95. The Labute approximate surface area is 177 Å². The van der Waals surface area contributed by atoms with Crippen LogP contribution in [0, 0.1) is 6.92 Å². The lowest BCUT2D eigenvalue weighted by Gasteiger charge is -2.13. The summed E-state index contributed by atoms with van der Waals surface area (Å²) in [7, 11) is 0. The Morgan fingerprint density at radius 3 is 2.90 bits per heavy atom. The Bertz CT molecular complexity index is 992. The van der Waals surface area contributed by atoms with Crippen LogP contribution in [-0.2, 0) is 22.5 Å². The van der Waals surface area contributed by atoms with E-state index in [4.69, 9.17) is 14.5 Å². The molecule has 0 saturated carbocycles. The summed E-state index contributed by atoms with van der Waals surface area (Å²) in [6.45, 7) is 4.67. The van der Waals surface area contributed by atoms with Crippen LogP contribution in [0.2, 0.25) is 0 Å². The third kappa shape index (κ3) is 4.82. The number of aryl methyl sites for hydroxylation is 2. The zero-order chi connectivity index (χ0) is 20.8. The average molecular weight is 408 g/mol. The first kappa shape index (κ1) is 20.4. The third-order valence-electron chi connectivity index (χ3n) is 5.50. The van der Waals surface area contributed by atoms with Crippen molar-refractivity contribution in [2.24, 2.45) is 0 Å². The number of fused-ring (bicyclic) bond motifs is 1. The van der Waals surface area contributed by atoms with Gasteiger partial charge in [-0.3, -0.25) is 4.79 Å². The number of imidazole rings is 1. The second kappa shape index (κ2) is 9.76. The van der Waals surface area contributed by atoms with Gasteiger partial charge in [-0.15, -0.1) is 0 Å². The molecular formula is C24H29N3O3. The van der Waals surface area contributed by atoms with Crippen molar-refractivity contribution >= 4 is 16.9 Å². The maximum atomic E-state index is 12.1. The predicted molar refractivity (Wildman–Crippen MR) is 117 cm³/mol. The molecule has 1 amide bonds. The molecule has 0 bridgehead atoms. The molecule has 6 nitrogen and oxygen atoms in total. The number of rotatable bonds is 9. The lowest BCUT2D eigenvalue weighted by atomic mass is 10.2. The summed E-state index contributed by atoms with van der Waals surface area (Å²) in [5, 5.41) is 2.99. The summed E-state index contributed by atoms with van der Waals surface area (Å²) >= 11 is 0. The average Bonchev–Trinajstić information content (AvgIpc) is 3.41. The Balaban J connectivity index is 1.36. The topological polar surface area (TPSA) is 65.4 Å². The van der Waals surface area contributed by atoms with Gasteiger partial charge in [-0.05, 0) is 49.9 Å². The summed E-state index contributed by atoms with van der Waals surface area (Å²) < 4.78 is 13.7. The van der Waals surface area contributed by atoms with Crippen molar-refractivity contribution < 1.29 is 14.3 Å². The minimum absolute atomic E-state index is 0.00707. The molecule has 1 unspecified atom stereocenters. The Hall–Kier alpha value is -2.86. The number of benzene rings is 2. The van der Waals surface area contributed by atoms with Crippen molar-refractivity contribution in [1.82, 2.24) is 14.9 Å². The molecule has 1 saturated heterocycles. The fourth-order valence-electron chi connectivity index (χ4n) is 3.89. The lowest BCUT2D eigenvalue weighted by Crippen LogP contribution is -2.34. The number of aromatic nitrogens is 2. The first-order valence-corrected chi connectivity index (χ1v) is 10.7. The van der Waals surface area contributed by atoms with Gasteiger partial charge in [0, 0.05) is 19.6 Å². The SMILES string of the molecule is Cc1ccccc1OCCn1c(CCCNC(=O)C2CCCO2)nc2ccccc21. The molecule has 30 heavy (non-hydrogen) atoms. The van der Waals surface area contributed by atoms with Crippen molar-refractivity contribution in [1.29, 1.82) is 0 Å². The molecule has 0 radical (unpaired) electrons. The van der Waals surface area contributed by atoms with Crippen LogP contribution in [0.1, 0.15) is 30.7 Å². The van der Waals surface area contributed by atoms with Crippen LogP contribution >= 0.6 is 0 Å². The second-order valence-corrected chi connectivity index (χ2v) is 7.68. The van der Waals surface area contributed by atoms with Crippen LogP contribution in [0.3, 0.4) is 0 Å². The van der Waals surface area contributed by atoms with Gasteiger partial charge in [-0.1, -0.05) is 30.3 Å². The maximum Gasteiger partial charge on any atom is 0.249 e. The zero-order valence-corrected chi connectivity index (χ0v) is 17.5. The van der Waals surface area contributed by atoms with Crippen LogP contribution in [-0.4, -0.2) is 41.3 Å². The maximum absolute atomic E-state index is 12.1. The van der Waals surface area contributed by atoms with Crippen molar-refractivity contribution in [2.75, 3.05) is 19.8 Å². The van der Waals surface area contributed by atoms with E-state index in [1.807, 2.05) is 36.4 Å². The van der Waals surface area contributed by atoms with Crippen molar-refractivity contribution in [2.45, 2.75) is 45.3 Å². The fraction of sp³-hybridized carbons (Fsp3) is 0.417. The van der Waals surface area contributed by atoms with E-state index in [1.54, 1.807) is 0 Å². The number of para-hydroxylation sites is 3. The van der Waals surface area contributed by atoms with E-state index in [0.29, 0.717) is 19.8 Å². The molecule has 0 spiro atoms. The standard InChI is InChI=1S/C24H29N3O3/c1-18-8-2-5-11-21(18)30-17-15-27-20-10-4-3-9-19(20)26-23(27)13-6-14-25-24(28)22-12-7-16-29-22/h2-5,8-11,22H,6-7,12-17H2,1H3,(H,25,28). The minimum Gasteiger partial charge on any atom is -0.491 e. The van der Waals surface area contributed by atoms with Crippen molar-refractivity contribution in [3.63, 3.8) is 0 Å². The quantitative estimate of drug-likeness (QED) is 0.550. The van der Waals surface area contributed by atoms with Gasteiger partial charge in [0.15, 0.2) is 0 Å². The molecule has 1 aromatic heterocycles. The number of carbonyl (C=O) groups excluding carboxylic acids is 1. The van der Waals surface area contributed by atoms with E-state index in [2.05, 4.69) is 28.9 Å². The molecule has 0 aliphatic carbocycles. The number of nitrogens with one attached hydrogen (secondary N) is 1. The summed E-state index contributed by atoms with van der Waals surface area (Å²) in [4.78, 5) is 16.9. The molecule has 1 fully saturated rings. The summed E-state index contributed by atoms with van der Waals surface area (Å²) in [5.41, 5.74) is 3.24. The van der Waals surface area contributed by atoms with Gasteiger partial charge in [-0.25, -0.2) is 4.98 Å². The normalized spacial score (nSPS) is 16.1. The van der Waals surface area contributed by atoms with Gasteiger partial charge >= 0.3 is 0 Å². The number of carbonyl (C=O) groups is 1. The molecule has 1 atom stereocenters. The Kier molecular flexibility index (Phi) is 6.64. The Morgan fingerprint density at radius 1 is 1.23 bits per heavy atom. The van der Waals surface area contributed by atoms with E-state index >= 15 is 0 Å². The van der Waals surface area contributed by atoms with E-state index in [9.17, 15) is 4.79 Å². The number of nitrogens with zero attached hydrogens (tertiary/aromatic N) is 2. The minimum atomic E-state index is -0.270. The van der Waals surface area contributed by atoms with Gasteiger partial charge < -0.3 is 19.4 Å². The smallest absolute Gasteiger partial charge is 0.249 e. The molecule has 1 N–H and O–H groups in total. The van der Waals surface area contributed by atoms with Crippen LogP contribution < -0.4 is 10.1 Å². The van der Waals surface area contributed by atoms with Crippen LogP contribution in [0.15, 0.2) is 48.5 Å². The first-order valence-electron chi connectivity index (χ1n) is 10.7. The number of hydrogen-bond donors (Lipinski definition) is 1. The molecule has 4 rings (SSSR count). The lowest BCUT2D eigenvalue weighted by molar-refractivity contribution is -0.130. The monoisotopic (exact) mass is 407 g/mol. The highest BCUT2D eigenvalue weighted by Crippen LogP contribution is 2.19.